The van der Waals surface area contributed by atoms with E-state index in [1.54, 1.807) is 0 Å². The van der Waals surface area contributed by atoms with Crippen molar-refractivity contribution in [2.45, 2.75) is 39.3 Å². The summed E-state index contributed by atoms with van der Waals surface area (Å²) in [5, 5.41) is 3.49. The maximum absolute atomic E-state index is 3.49. The topological polar surface area (TPSA) is 12.0 Å². The van der Waals surface area contributed by atoms with Crippen molar-refractivity contribution in [1.82, 2.24) is 5.32 Å². The van der Waals surface area contributed by atoms with Gasteiger partial charge in [-0.2, -0.15) is 0 Å². The Morgan fingerprint density at radius 2 is 1.69 bits per heavy atom. The van der Waals surface area contributed by atoms with Crippen molar-refractivity contribution in [3.63, 3.8) is 0 Å². The Hall–Kier alpha value is -0.820. The SMILES string of the molecule is CC(C)NC(C)Cc1ccccc1. The first-order chi connectivity index (χ1) is 6.18. The molecule has 0 fully saturated rings. The van der Waals surface area contributed by atoms with Crippen molar-refractivity contribution in [2.24, 2.45) is 0 Å². The Bertz CT molecular complexity index is 228. The molecule has 0 saturated carbocycles. The molecule has 1 heteroatoms. The lowest BCUT2D eigenvalue weighted by Crippen LogP contribution is -2.33. The minimum atomic E-state index is 0.558. The van der Waals surface area contributed by atoms with Crippen molar-refractivity contribution in [3.05, 3.63) is 35.9 Å². The Morgan fingerprint density at radius 3 is 2.23 bits per heavy atom. The number of rotatable bonds is 4. The monoisotopic (exact) mass is 177 g/mol. The van der Waals surface area contributed by atoms with Crippen LogP contribution in [-0.2, 0) is 6.42 Å². The third-order valence-electron chi connectivity index (χ3n) is 2.00. The highest BCUT2D eigenvalue weighted by molar-refractivity contribution is 5.15. The number of benzene rings is 1. The Balaban J connectivity index is 2.41. The number of nitrogens with one attached hydrogen (secondary N) is 1. The normalized spacial score (nSPS) is 13.2. The highest BCUT2D eigenvalue weighted by Crippen LogP contribution is 2.02. The zero-order chi connectivity index (χ0) is 9.68. The van der Waals surface area contributed by atoms with E-state index in [-0.39, 0.29) is 0 Å². The minimum absolute atomic E-state index is 0.558. The van der Waals surface area contributed by atoms with E-state index in [1.165, 1.54) is 5.56 Å². The summed E-state index contributed by atoms with van der Waals surface area (Å²) in [5.41, 5.74) is 1.41. The molecule has 0 bridgehead atoms. The van der Waals surface area contributed by atoms with Crippen LogP contribution in [0.15, 0.2) is 30.3 Å². The van der Waals surface area contributed by atoms with Crippen LogP contribution in [0.2, 0.25) is 0 Å². The first-order valence-electron chi connectivity index (χ1n) is 4.98. The fraction of sp³-hybridized carbons (Fsp3) is 0.500. The van der Waals surface area contributed by atoms with Crippen LogP contribution in [-0.4, -0.2) is 12.1 Å². The number of hydrogen-bond donors (Lipinski definition) is 1. The molecule has 1 atom stereocenters. The van der Waals surface area contributed by atoms with E-state index in [0.717, 1.165) is 6.42 Å². The second kappa shape index (κ2) is 5.03. The predicted molar refractivity (Wildman–Crippen MR) is 57.9 cm³/mol. The van der Waals surface area contributed by atoms with Gasteiger partial charge in [0, 0.05) is 12.1 Å². The van der Waals surface area contributed by atoms with Crippen LogP contribution < -0.4 is 5.32 Å². The van der Waals surface area contributed by atoms with Gasteiger partial charge in [0.15, 0.2) is 0 Å². The molecule has 1 aromatic rings. The minimum Gasteiger partial charge on any atom is -0.312 e. The molecule has 13 heavy (non-hydrogen) atoms. The smallest absolute Gasteiger partial charge is 0.00815 e. The summed E-state index contributed by atoms with van der Waals surface area (Å²) in [6.45, 7) is 6.59. The van der Waals surface area contributed by atoms with Gasteiger partial charge >= 0.3 is 0 Å². The molecule has 0 spiro atoms. The predicted octanol–water partition coefficient (Wildman–Crippen LogP) is 2.62. The molecule has 0 aromatic heterocycles. The lowest BCUT2D eigenvalue weighted by Gasteiger charge is -2.16. The summed E-state index contributed by atoms with van der Waals surface area (Å²) >= 11 is 0. The lowest BCUT2D eigenvalue weighted by molar-refractivity contribution is 0.488. The van der Waals surface area contributed by atoms with E-state index >= 15 is 0 Å². The molecule has 0 saturated heterocycles. The Morgan fingerprint density at radius 1 is 1.08 bits per heavy atom. The largest absolute Gasteiger partial charge is 0.312 e. The molecule has 72 valence electrons. The highest BCUT2D eigenvalue weighted by Gasteiger charge is 2.03. The van der Waals surface area contributed by atoms with E-state index in [9.17, 15) is 0 Å². The van der Waals surface area contributed by atoms with E-state index in [2.05, 4.69) is 56.4 Å². The standard InChI is InChI=1S/C12H19N/c1-10(2)13-11(3)9-12-7-5-4-6-8-12/h4-8,10-11,13H,9H2,1-3H3. The van der Waals surface area contributed by atoms with E-state index in [1.807, 2.05) is 0 Å². The zero-order valence-corrected chi connectivity index (χ0v) is 8.75. The van der Waals surface area contributed by atoms with Crippen molar-refractivity contribution >= 4 is 0 Å². The van der Waals surface area contributed by atoms with Crippen LogP contribution >= 0.6 is 0 Å². The Labute approximate surface area is 81.2 Å². The molecule has 1 aromatic carbocycles. The van der Waals surface area contributed by atoms with E-state index in [4.69, 9.17) is 0 Å². The van der Waals surface area contributed by atoms with Gasteiger partial charge < -0.3 is 5.32 Å². The molecule has 0 heterocycles. The maximum atomic E-state index is 3.49. The van der Waals surface area contributed by atoms with Gasteiger partial charge in [-0.05, 0) is 18.9 Å². The quantitative estimate of drug-likeness (QED) is 0.745. The van der Waals surface area contributed by atoms with Crippen molar-refractivity contribution in [2.75, 3.05) is 0 Å². The summed E-state index contributed by atoms with van der Waals surface area (Å²) in [7, 11) is 0. The molecule has 0 aliphatic heterocycles. The van der Waals surface area contributed by atoms with Crippen LogP contribution in [0, 0.1) is 0 Å². The summed E-state index contributed by atoms with van der Waals surface area (Å²) < 4.78 is 0. The van der Waals surface area contributed by atoms with Crippen LogP contribution in [0.3, 0.4) is 0 Å². The molecule has 1 nitrogen and oxygen atoms in total. The molecule has 1 rings (SSSR count). The zero-order valence-electron chi connectivity index (χ0n) is 8.75. The maximum Gasteiger partial charge on any atom is 0.00815 e. The first kappa shape index (κ1) is 10.3. The summed E-state index contributed by atoms with van der Waals surface area (Å²) in [6, 6.07) is 11.7. The van der Waals surface area contributed by atoms with Gasteiger partial charge in [-0.1, -0.05) is 44.2 Å². The number of hydrogen-bond acceptors (Lipinski definition) is 1. The van der Waals surface area contributed by atoms with Crippen LogP contribution in [0.25, 0.3) is 0 Å². The Kier molecular flexibility index (Phi) is 3.97. The van der Waals surface area contributed by atoms with Gasteiger partial charge in [-0.15, -0.1) is 0 Å². The third-order valence-corrected chi connectivity index (χ3v) is 2.00. The van der Waals surface area contributed by atoms with Gasteiger partial charge in [0.1, 0.15) is 0 Å². The van der Waals surface area contributed by atoms with Crippen LogP contribution in [0.5, 0.6) is 0 Å². The molecule has 0 radical (unpaired) electrons. The van der Waals surface area contributed by atoms with Crippen molar-refractivity contribution in [3.8, 4) is 0 Å². The van der Waals surface area contributed by atoms with Crippen LogP contribution in [0.4, 0.5) is 0 Å². The second-order valence-electron chi connectivity index (χ2n) is 3.91. The van der Waals surface area contributed by atoms with Gasteiger partial charge in [0.05, 0.1) is 0 Å². The summed E-state index contributed by atoms with van der Waals surface area (Å²) in [6.07, 6.45) is 1.11. The summed E-state index contributed by atoms with van der Waals surface area (Å²) in [4.78, 5) is 0. The van der Waals surface area contributed by atoms with E-state index in [0.29, 0.717) is 12.1 Å². The van der Waals surface area contributed by atoms with Crippen molar-refractivity contribution in [1.29, 1.82) is 0 Å². The lowest BCUT2D eigenvalue weighted by atomic mass is 10.1. The fourth-order valence-electron chi connectivity index (χ4n) is 1.60. The highest BCUT2D eigenvalue weighted by atomic mass is 14.9. The fourth-order valence-corrected chi connectivity index (χ4v) is 1.60. The van der Waals surface area contributed by atoms with Crippen LogP contribution in [0.1, 0.15) is 26.3 Å². The van der Waals surface area contributed by atoms with Gasteiger partial charge in [-0.3, -0.25) is 0 Å². The van der Waals surface area contributed by atoms with Gasteiger partial charge in [0.2, 0.25) is 0 Å². The third kappa shape index (κ3) is 4.09. The average molecular weight is 177 g/mol. The summed E-state index contributed by atoms with van der Waals surface area (Å²) in [5.74, 6) is 0. The first-order valence-corrected chi connectivity index (χ1v) is 4.98. The molecular formula is C12H19N. The molecule has 0 amide bonds. The van der Waals surface area contributed by atoms with Gasteiger partial charge in [-0.25, -0.2) is 0 Å². The molecule has 1 N–H and O–H groups in total. The molecule has 0 aliphatic rings. The molecule has 1 unspecified atom stereocenters. The van der Waals surface area contributed by atoms with Gasteiger partial charge in [0.25, 0.3) is 0 Å². The molecular weight excluding hydrogens is 158 g/mol. The van der Waals surface area contributed by atoms with E-state index < -0.39 is 0 Å². The molecule has 0 aliphatic carbocycles. The average Bonchev–Trinajstić information content (AvgIpc) is 2.04. The second-order valence-corrected chi connectivity index (χ2v) is 3.91. The van der Waals surface area contributed by atoms with Crippen molar-refractivity contribution < 1.29 is 0 Å².